The molecular weight excluding hydrogens is 284 g/mol. The minimum atomic E-state index is 0.102. The molecule has 4 heteroatoms. The number of halogens is 2. The normalized spacial score (nSPS) is 10.2. The Morgan fingerprint density at radius 2 is 2.29 bits per heavy atom. The summed E-state index contributed by atoms with van der Waals surface area (Å²) < 4.78 is 0.884. The average molecular weight is 294 g/mol. The number of carbonyl (C=O) groups excluding carboxylic acids is 1. The number of hydrogen-bond acceptors (Lipinski definition) is 2. The van der Waals surface area contributed by atoms with E-state index in [1.807, 2.05) is 12.3 Å². The number of hydrogen-bond donors (Lipinski definition) is 0. The molecule has 1 aromatic carbocycles. The molecule has 0 atom stereocenters. The van der Waals surface area contributed by atoms with Gasteiger partial charge in [0.25, 0.3) is 0 Å². The summed E-state index contributed by atoms with van der Waals surface area (Å²) in [6.45, 7) is 0. The van der Waals surface area contributed by atoms with E-state index in [1.54, 1.807) is 23.9 Å². The maximum absolute atomic E-state index is 11.7. The highest BCUT2D eigenvalue weighted by Gasteiger charge is 2.09. The van der Waals surface area contributed by atoms with Crippen LogP contribution in [0.25, 0.3) is 0 Å². The van der Waals surface area contributed by atoms with Crippen molar-refractivity contribution in [3.63, 3.8) is 0 Å². The molecule has 1 nitrogen and oxygen atoms in total. The molecule has 0 saturated heterocycles. The highest BCUT2D eigenvalue weighted by Crippen LogP contribution is 2.22. The van der Waals surface area contributed by atoms with E-state index in [0.29, 0.717) is 17.0 Å². The third kappa shape index (κ3) is 3.30. The van der Waals surface area contributed by atoms with Crippen molar-refractivity contribution in [3.05, 3.63) is 33.3 Å². The highest BCUT2D eigenvalue weighted by atomic mass is 79.9. The van der Waals surface area contributed by atoms with Crippen LogP contribution in [0.2, 0.25) is 5.02 Å². The van der Waals surface area contributed by atoms with Crippen molar-refractivity contribution in [2.24, 2.45) is 0 Å². The predicted molar refractivity (Wildman–Crippen MR) is 66.5 cm³/mol. The second kappa shape index (κ2) is 5.79. The third-order valence-corrected chi connectivity index (χ3v) is 3.20. The fourth-order valence-electron chi connectivity index (χ4n) is 1.04. The van der Waals surface area contributed by atoms with Gasteiger partial charge in [0.15, 0.2) is 5.78 Å². The topological polar surface area (TPSA) is 17.1 Å². The smallest absolute Gasteiger partial charge is 0.165 e. The minimum Gasteiger partial charge on any atom is -0.294 e. The Balaban J connectivity index is 2.83. The number of thioether (sulfide) groups is 1. The van der Waals surface area contributed by atoms with Crippen LogP contribution in [0.5, 0.6) is 0 Å². The predicted octanol–water partition coefficient (Wildman–Crippen LogP) is 4.04. The van der Waals surface area contributed by atoms with E-state index in [1.165, 1.54) is 0 Å². The lowest BCUT2D eigenvalue weighted by molar-refractivity contribution is 0.0989. The first-order valence-corrected chi connectivity index (χ1v) is 6.69. The largest absolute Gasteiger partial charge is 0.294 e. The maximum atomic E-state index is 11.7. The number of carbonyl (C=O) groups is 1. The molecule has 76 valence electrons. The number of rotatable bonds is 4. The summed E-state index contributed by atoms with van der Waals surface area (Å²) in [6, 6.07) is 5.33. The summed E-state index contributed by atoms with van der Waals surface area (Å²) in [6.07, 6.45) is 2.52. The summed E-state index contributed by atoms with van der Waals surface area (Å²) >= 11 is 10.9. The second-order valence-corrected chi connectivity index (χ2v) is 5.10. The zero-order chi connectivity index (χ0) is 10.6. The molecule has 1 aromatic rings. The van der Waals surface area contributed by atoms with E-state index in [4.69, 9.17) is 11.6 Å². The van der Waals surface area contributed by atoms with Crippen molar-refractivity contribution >= 4 is 45.1 Å². The Labute approximate surface area is 101 Å². The molecule has 0 N–H and O–H groups in total. The average Bonchev–Trinajstić information content (AvgIpc) is 2.18. The maximum Gasteiger partial charge on any atom is 0.165 e. The van der Waals surface area contributed by atoms with Crippen LogP contribution in [0, 0.1) is 0 Å². The van der Waals surface area contributed by atoms with Crippen LogP contribution in [-0.2, 0) is 0 Å². The van der Waals surface area contributed by atoms with Gasteiger partial charge in [-0.2, -0.15) is 11.8 Å². The Morgan fingerprint density at radius 1 is 1.57 bits per heavy atom. The first-order valence-electron chi connectivity index (χ1n) is 4.12. The number of benzene rings is 1. The van der Waals surface area contributed by atoms with Crippen LogP contribution < -0.4 is 0 Å². The van der Waals surface area contributed by atoms with Gasteiger partial charge < -0.3 is 0 Å². The quantitative estimate of drug-likeness (QED) is 0.779. The molecule has 0 heterocycles. The first-order chi connectivity index (χ1) is 6.65. The molecule has 0 radical (unpaired) electrons. The van der Waals surface area contributed by atoms with Crippen LogP contribution >= 0.6 is 39.3 Å². The summed E-state index contributed by atoms with van der Waals surface area (Å²) in [7, 11) is 0. The Morgan fingerprint density at radius 3 is 2.93 bits per heavy atom. The van der Waals surface area contributed by atoms with Crippen LogP contribution in [0.1, 0.15) is 16.8 Å². The molecule has 0 fully saturated rings. The molecule has 0 unspecified atom stereocenters. The van der Waals surface area contributed by atoms with Gasteiger partial charge in [-0.05, 0) is 24.5 Å². The standard InChI is InChI=1S/C10H10BrClOS/c1-14-5-4-10(13)8-6-7(11)2-3-9(8)12/h2-3,6H,4-5H2,1H3. The van der Waals surface area contributed by atoms with Gasteiger partial charge in [-0.1, -0.05) is 27.5 Å². The molecule has 0 bridgehead atoms. The molecule has 0 aliphatic carbocycles. The molecule has 0 saturated carbocycles. The molecule has 14 heavy (non-hydrogen) atoms. The Kier molecular flexibility index (Phi) is 4.99. The Hall–Kier alpha value is 0.01000. The summed E-state index contributed by atoms with van der Waals surface area (Å²) in [5.74, 6) is 0.937. The van der Waals surface area contributed by atoms with Crippen LogP contribution in [0.4, 0.5) is 0 Å². The SMILES string of the molecule is CSCCC(=O)c1cc(Br)ccc1Cl. The monoisotopic (exact) mass is 292 g/mol. The van der Waals surface area contributed by atoms with Gasteiger partial charge in [-0.25, -0.2) is 0 Å². The van der Waals surface area contributed by atoms with Crippen LogP contribution in [-0.4, -0.2) is 17.8 Å². The molecule has 0 aromatic heterocycles. The molecular formula is C10H10BrClOS. The molecule has 0 aliphatic heterocycles. The fourth-order valence-corrected chi connectivity index (χ4v) is 2.01. The lowest BCUT2D eigenvalue weighted by Gasteiger charge is -2.03. The van der Waals surface area contributed by atoms with Gasteiger partial charge in [0.2, 0.25) is 0 Å². The van der Waals surface area contributed by atoms with Crippen LogP contribution in [0.3, 0.4) is 0 Å². The lowest BCUT2D eigenvalue weighted by Crippen LogP contribution is -2.01. The van der Waals surface area contributed by atoms with Gasteiger partial charge in [0.05, 0.1) is 5.02 Å². The zero-order valence-corrected chi connectivity index (χ0v) is 10.9. The summed E-state index contributed by atoms with van der Waals surface area (Å²) in [4.78, 5) is 11.7. The minimum absolute atomic E-state index is 0.102. The van der Waals surface area contributed by atoms with Crippen molar-refractivity contribution in [2.75, 3.05) is 12.0 Å². The van der Waals surface area contributed by atoms with Crippen molar-refractivity contribution < 1.29 is 4.79 Å². The summed E-state index contributed by atoms with van der Waals surface area (Å²) in [5, 5.41) is 0.527. The van der Waals surface area contributed by atoms with Crippen molar-refractivity contribution in [1.82, 2.24) is 0 Å². The van der Waals surface area contributed by atoms with E-state index in [9.17, 15) is 4.79 Å². The fraction of sp³-hybridized carbons (Fsp3) is 0.300. The van der Waals surface area contributed by atoms with Gasteiger partial charge in [-0.15, -0.1) is 0 Å². The van der Waals surface area contributed by atoms with E-state index in [2.05, 4.69) is 15.9 Å². The number of ketones is 1. The molecule has 0 spiro atoms. The third-order valence-electron chi connectivity index (χ3n) is 1.76. The van der Waals surface area contributed by atoms with Crippen LogP contribution in [0.15, 0.2) is 22.7 Å². The molecule has 0 amide bonds. The Bertz CT molecular complexity index is 341. The van der Waals surface area contributed by atoms with E-state index in [0.717, 1.165) is 10.2 Å². The van der Waals surface area contributed by atoms with Gasteiger partial charge in [0.1, 0.15) is 0 Å². The first kappa shape index (κ1) is 12.1. The number of Topliss-reactive ketones (excluding diaryl/α,β-unsaturated/α-hetero) is 1. The van der Waals surface area contributed by atoms with Gasteiger partial charge >= 0.3 is 0 Å². The lowest BCUT2D eigenvalue weighted by atomic mass is 10.1. The molecule has 1 rings (SSSR count). The van der Waals surface area contributed by atoms with Gasteiger partial charge in [-0.3, -0.25) is 4.79 Å². The summed E-state index contributed by atoms with van der Waals surface area (Å²) in [5.41, 5.74) is 0.607. The zero-order valence-electron chi connectivity index (χ0n) is 7.72. The molecule has 0 aliphatic rings. The van der Waals surface area contributed by atoms with E-state index < -0.39 is 0 Å². The van der Waals surface area contributed by atoms with Crippen molar-refractivity contribution in [2.45, 2.75) is 6.42 Å². The highest BCUT2D eigenvalue weighted by molar-refractivity contribution is 9.10. The van der Waals surface area contributed by atoms with E-state index >= 15 is 0 Å². The van der Waals surface area contributed by atoms with Gasteiger partial charge in [0, 0.05) is 22.2 Å². The second-order valence-electron chi connectivity index (χ2n) is 2.79. The van der Waals surface area contributed by atoms with E-state index in [-0.39, 0.29) is 5.78 Å². The van der Waals surface area contributed by atoms with Crippen molar-refractivity contribution in [3.8, 4) is 0 Å². The van der Waals surface area contributed by atoms with Crippen molar-refractivity contribution in [1.29, 1.82) is 0 Å².